The minimum absolute atomic E-state index is 0.0512. The van der Waals surface area contributed by atoms with E-state index in [1.165, 1.54) is 24.3 Å². The van der Waals surface area contributed by atoms with E-state index in [4.69, 9.17) is 47.0 Å². The third kappa shape index (κ3) is 6.20. The number of non-ortho nitro benzene ring substituents is 1. The summed E-state index contributed by atoms with van der Waals surface area (Å²) in [6.07, 6.45) is -1.14. The Morgan fingerprint density at radius 1 is 1.11 bits per heavy atom. The van der Waals surface area contributed by atoms with Gasteiger partial charge in [-0.1, -0.05) is 53.0 Å². The number of aryl methyl sites for hydroxylation is 1. The fraction of sp³-hybridized carbons (Fsp3) is 0.176. The number of nitrogens with zero attached hydrogens (tertiary/aromatic N) is 1. The first-order valence-corrected chi connectivity index (χ1v) is 9.37. The first kappa shape index (κ1) is 22.2. The summed E-state index contributed by atoms with van der Waals surface area (Å²) in [6, 6.07) is 12.5. The van der Waals surface area contributed by atoms with Crippen molar-refractivity contribution in [2.24, 2.45) is 0 Å². The number of rotatable bonds is 5. The Bertz CT molecular complexity index is 888. The third-order valence-corrected chi connectivity index (χ3v) is 4.48. The Morgan fingerprint density at radius 2 is 1.71 bits per heavy atom. The maximum atomic E-state index is 12.5. The molecule has 3 N–H and O–H groups in total. The molecule has 0 spiro atoms. The molecule has 0 aliphatic carbocycles. The molecule has 0 bridgehead atoms. The van der Waals surface area contributed by atoms with Gasteiger partial charge in [-0.05, 0) is 42.9 Å². The van der Waals surface area contributed by atoms with Crippen LogP contribution in [0.5, 0.6) is 0 Å². The van der Waals surface area contributed by atoms with Crippen LogP contribution >= 0.6 is 47.0 Å². The van der Waals surface area contributed by atoms with Gasteiger partial charge in [-0.15, -0.1) is 0 Å². The Morgan fingerprint density at radius 3 is 2.25 bits per heavy atom. The molecule has 2 rings (SSSR count). The summed E-state index contributed by atoms with van der Waals surface area (Å²) in [5.41, 5.74) is 1.61. The predicted molar refractivity (Wildman–Crippen MR) is 115 cm³/mol. The van der Waals surface area contributed by atoms with Gasteiger partial charge >= 0.3 is 0 Å². The van der Waals surface area contributed by atoms with Gasteiger partial charge in [0, 0.05) is 23.4 Å². The number of hydrogen-bond donors (Lipinski definition) is 3. The van der Waals surface area contributed by atoms with Gasteiger partial charge in [-0.2, -0.15) is 0 Å². The van der Waals surface area contributed by atoms with Crippen LogP contribution in [0.25, 0.3) is 0 Å². The summed E-state index contributed by atoms with van der Waals surface area (Å²) in [6.45, 7) is 1.79. The van der Waals surface area contributed by atoms with Crippen LogP contribution in [-0.4, -0.2) is 25.9 Å². The van der Waals surface area contributed by atoms with Crippen molar-refractivity contribution in [2.75, 3.05) is 5.32 Å². The number of nitro benzene ring substituents is 1. The molecule has 0 aliphatic rings. The Kier molecular flexibility index (Phi) is 7.42. The third-order valence-electron chi connectivity index (χ3n) is 3.60. The lowest BCUT2D eigenvalue weighted by atomic mass is 10.1. The van der Waals surface area contributed by atoms with Crippen LogP contribution < -0.4 is 16.0 Å². The van der Waals surface area contributed by atoms with E-state index < -0.39 is 20.8 Å². The highest BCUT2D eigenvalue weighted by molar-refractivity contribution is 7.80. The summed E-state index contributed by atoms with van der Waals surface area (Å²) in [4.78, 5) is 22.7. The Balaban J connectivity index is 2.07. The van der Waals surface area contributed by atoms with E-state index in [-0.39, 0.29) is 10.8 Å². The summed E-state index contributed by atoms with van der Waals surface area (Å²) < 4.78 is -1.90. The highest BCUT2D eigenvalue weighted by Crippen LogP contribution is 2.29. The molecule has 7 nitrogen and oxygen atoms in total. The summed E-state index contributed by atoms with van der Waals surface area (Å²) >= 11 is 23.1. The lowest BCUT2D eigenvalue weighted by Crippen LogP contribution is -2.56. The highest BCUT2D eigenvalue weighted by atomic mass is 35.6. The Hall–Kier alpha value is -2.13. The molecule has 1 amide bonds. The Labute approximate surface area is 181 Å². The van der Waals surface area contributed by atoms with Crippen molar-refractivity contribution >= 4 is 69.4 Å². The van der Waals surface area contributed by atoms with E-state index in [0.29, 0.717) is 11.3 Å². The molecule has 2 aromatic rings. The predicted octanol–water partition coefficient (Wildman–Crippen LogP) is 4.32. The lowest BCUT2D eigenvalue weighted by Gasteiger charge is -2.28. The van der Waals surface area contributed by atoms with Gasteiger partial charge in [0.15, 0.2) is 5.11 Å². The minimum Gasteiger partial charge on any atom is -0.339 e. The van der Waals surface area contributed by atoms with Gasteiger partial charge in [0.05, 0.1) is 4.92 Å². The summed E-state index contributed by atoms with van der Waals surface area (Å²) in [5.74, 6) is -0.444. The quantitative estimate of drug-likeness (QED) is 0.202. The molecule has 0 saturated carbocycles. The largest absolute Gasteiger partial charge is 0.339 e. The average molecular weight is 462 g/mol. The fourth-order valence-electron chi connectivity index (χ4n) is 2.20. The number of carbonyl (C=O) groups is 1. The molecule has 11 heteroatoms. The van der Waals surface area contributed by atoms with Gasteiger partial charge in [-0.3, -0.25) is 14.9 Å². The zero-order chi connectivity index (χ0) is 20.9. The number of carbonyl (C=O) groups excluding carboxylic acids is 1. The van der Waals surface area contributed by atoms with Crippen molar-refractivity contribution in [2.45, 2.75) is 16.9 Å². The monoisotopic (exact) mass is 460 g/mol. The van der Waals surface area contributed by atoms with Crippen LogP contribution in [0.1, 0.15) is 15.9 Å². The van der Waals surface area contributed by atoms with E-state index in [2.05, 4.69) is 16.0 Å². The average Bonchev–Trinajstić information content (AvgIpc) is 2.61. The van der Waals surface area contributed by atoms with Gasteiger partial charge in [0.2, 0.25) is 3.79 Å². The van der Waals surface area contributed by atoms with E-state index in [1.807, 2.05) is 0 Å². The number of alkyl halides is 3. The standard InChI is InChI=1S/C17H15Cl3N4O3S/c1-10-4-2-3-5-13(10)14(25)22-15(17(18,19)20)23-16(28)21-11-6-8-12(9-7-11)24(26)27/h2-9,15H,1H3,(H,22,25)(H2,21,23,28)/t15-/m1/s1. The van der Waals surface area contributed by atoms with E-state index in [1.54, 1.807) is 31.2 Å². The van der Waals surface area contributed by atoms with Gasteiger partial charge in [0.25, 0.3) is 11.6 Å². The molecule has 0 aromatic heterocycles. The summed E-state index contributed by atoms with van der Waals surface area (Å²) in [7, 11) is 0. The van der Waals surface area contributed by atoms with Crippen LogP contribution in [0.15, 0.2) is 48.5 Å². The van der Waals surface area contributed by atoms with Crippen LogP contribution in [0.2, 0.25) is 0 Å². The number of thiocarbonyl (C=S) groups is 1. The molecule has 1 atom stereocenters. The molecule has 0 heterocycles. The van der Waals surface area contributed by atoms with Crippen LogP contribution in [0.4, 0.5) is 11.4 Å². The molecule has 0 radical (unpaired) electrons. The molecule has 0 unspecified atom stereocenters. The van der Waals surface area contributed by atoms with Crippen molar-refractivity contribution < 1.29 is 9.72 Å². The molecule has 2 aromatic carbocycles. The van der Waals surface area contributed by atoms with Crippen LogP contribution in [0.3, 0.4) is 0 Å². The van der Waals surface area contributed by atoms with Crippen molar-refractivity contribution in [3.63, 3.8) is 0 Å². The number of nitro groups is 1. The maximum absolute atomic E-state index is 12.5. The number of halogens is 3. The normalized spacial score (nSPS) is 12.0. The fourth-order valence-corrected chi connectivity index (χ4v) is 2.76. The number of nitrogens with one attached hydrogen (secondary N) is 3. The SMILES string of the molecule is Cc1ccccc1C(=O)N[C@H](NC(=S)Nc1ccc([N+](=O)[O-])cc1)C(Cl)(Cl)Cl. The molecule has 0 aliphatic heterocycles. The number of benzene rings is 2. The molecule has 0 saturated heterocycles. The second kappa shape index (κ2) is 9.38. The van der Waals surface area contributed by atoms with Crippen molar-refractivity contribution in [1.82, 2.24) is 10.6 Å². The molecule has 148 valence electrons. The second-order valence-electron chi connectivity index (χ2n) is 5.67. The smallest absolute Gasteiger partial charge is 0.269 e. The summed E-state index contributed by atoms with van der Waals surface area (Å²) in [5, 5.41) is 18.9. The van der Waals surface area contributed by atoms with Gasteiger partial charge < -0.3 is 16.0 Å². The molecular formula is C17H15Cl3N4O3S. The highest BCUT2D eigenvalue weighted by Gasteiger charge is 2.35. The molecule has 28 heavy (non-hydrogen) atoms. The number of hydrogen-bond acceptors (Lipinski definition) is 4. The minimum atomic E-state index is -1.90. The number of amides is 1. The van der Waals surface area contributed by atoms with E-state index >= 15 is 0 Å². The van der Waals surface area contributed by atoms with E-state index in [0.717, 1.165) is 5.56 Å². The molecular weight excluding hydrogens is 447 g/mol. The van der Waals surface area contributed by atoms with Crippen LogP contribution in [0, 0.1) is 17.0 Å². The first-order chi connectivity index (χ1) is 13.1. The first-order valence-electron chi connectivity index (χ1n) is 7.83. The van der Waals surface area contributed by atoms with Crippen molar-refractivity contribution in [1.29, 1.82) is 0 Å². The van der Waals surface area contributed by atoms with Gasteiger partial charge in [-0.25, -0.2) is 0 Å². The maximum Gasteiger partial charge on any atom is 0.269 e. The zero-order valence-corrected chi connectivity index (χ0v) is 17.5. The van der Waals surface area contributed by atoms with Crippen molar-refractivity contribution in [3.8, 4) is 0 Å². The topological polar surface area (TPSA) is 96.3 Å². The second-order valence-corrected chi connectivity index (χ2v) is 8.44. The van der Waals surface area contributed by atoms with Crippen LogP contribution in [-0.2, 0) is 0 Å². The lowest BCUT2D eigenvalue weighted by molar-refractivity contribution is -0.384. The number of anilines is 1. The van der Waals surface area contributed by atoms with E-state index in [9.17, 15) is 14.9 Å². The van der Waals surface area contributed by atoms with Gasteiger partial charge in [0.1, 0.15) is 6.17 Å². The zero-order valence-electron chi connectivity index (χ0n) is 14.4. The molecule has 0 fully saturated rings. The van der Waals surface area contributed by atoms with Crippen molar-refractivity contribution in [3.05, 3.63) is 69.8 Å².